The van der Waals surface area contributed by atoms with Gasteiger partial charge in [0.1, 0.15) is 11.1 Å². The van der Waals surface area contributed by atoms with Gasteiger partial charge in [0.25, 0.3) is 0 Å². The Labute approximate surface area is 242 Å². The Kier molecular flexibility index (Phi) is 7.11. The predicted molar refractivity (Wildman–Crippen MR) is 162 cm³/mol. The molecule has 0 amide bonds. The van der Waals surface area contributed by atoms with Crippen LogP contribution in [0.5, 0.6) is 0 Å². The van der Waals surface area contributed by atoms with Crippen molar-refractivity contribution in [1.29, 1.82) is 0 Å². The monoisotopic (exact) mass is 558 g/mol. The fourth-order valence-corrected chi connectivity index (χ4v) is 7.24. The van der Waals surface area contributed by atoms with Gasteiger partial charge in [-0.15, -0.1) is 0 Å². The number of hydrogen-bond donors (Lipinski definition) is 3. The number of allylic oxidation sites excluding steroid dienone is 8. The highest BCUT2D eigenvalue weighted by Crippen LogP contribution is 2.50. The zero-order valence-electron chi connectivity index (χ0n) is 25.4. The van der Waals surface area contributed by atoms with Gasteiger partial charge in [-0.3, -0.25) is 24.6 Å². The lowest BCUT2D eigenvalue weighted by Crippen LogP contribution is -2.47. The van der Waals surface area contributed by atoms with Gasteiger partial charge >= 0.3 is 11.9 Å². The lowest BCUT2D eigenvalue weighted by atomic mass is 9.71. The van der Waals surface area contributed by atoms with E-state index in [0.717, 1.165) is 45.4 Å². The maximum absolute atomic E-state index is 11.6. The molecule has 0 aromatic heterocycles. The van der Waals surface area contributed by atoms with Crippen LogP contribution >= 0.6 is 0 Å². The quantitative estimate of drug-likeness (QED) is 0.367. The summed E-state index contributed by atoms with van der Waals surface area (Å²) in [4.78, 5) is 38.9. The molecule has 3 N–H and O–H groups in total. The van der Waals surface area contributed by atoms with Gasteiger partial charge in [0.05, 0.1) is 11.4 Å². The number of aliphatic carboxylic acids is 2. The molecule has 8 heteroatoms. The Hall–Kier alpha value is -3.55. The van der Waals surface area contributed by atoms with Crippen molar-refractivity contribution in [3.05, 3.63) is 57.6 Å². The summed E-state index contributed by atoms with van der Waals surface area (Å²) in [6.07, 6.45) is 7.35. The van der Waals surface area contributed by atoms with Gasteiger partial charge in [-0.25, -0.2) is 0 Å². The number of carboxylic acid groups (broad SMARTS) is 2. The van der Waals surface area contributed by atoms with Crippen molar-refractivity contribution >= 4 is 29.1 Å². The molecule has 0 aliphatic carbocycles. The van der Waals surface area contributed by atoms with E-state index in [1.54, 1.807) is 0 Å². The first-order valence-electron chi connectivity index (χ1n) is 14.7. The first kappa shape index (κ1) is 29.0. The van der Waals surface area contributed by atoms with E-state index in [4.69, 9.17) is 15.0 Å². The molecule has 5 aliphatic heterocycles. The van der Waals surface area contributed by atoms with Crippen molar-refractivity contribution in [3.63, 3.8) is 0 Å². The van der Waals surface area contributed by atoms with Crippen molar-refractivity contribution in [2.45, 2.75) is 92.2 Å². The summed E-state index contributed by atoms with van der Waals surface area (Å²) in [6.45, 7) is 17.1. The van der Waals surface area contributed by atoms with Crippen molar-refractivity contribution in [2.24, 2.45) is 38.6 Å². The van der Waals surface area contributed by atoms with Gasteiger partial charge < -0.3 is 15.5 Å². The van der Waals surface area contributed by atoms with Gasteiger partial charge in [0.2, 0.25) is 0 Å². The van der Waals surface area contributed by atoms with Crippen LogP contribution in [0.2, 0.25) is 0 Å². The molecule has 8 nitrogen and oxygen atoms in total. The summed E-state index contributed by atoms with van der Waals surface area (Å²) in [6, 6.07) is 0. The predicted octanol–water partition coefficient (Wildman–Crippen LogP) is 6.04. The van der Waals surface area contributed by atoms with Gasteiger partial charge in [0, 0.05) is 59.3 Å². The molecule has 5 heterocycles. The van der Waals surface area contributed by atoms with Crippen LogP contribution in [0.3, 0.4) is 0 Å². The highest BCUT2D eigenvalue weighted by molar-refractivity contribution is 6.14. The van der Waals surface area contributed by atoms with Gasteiger partial charge in [0.15, 0.2) is 0 Å². The fraction of sp³-hybridized carbons (Fsp3) is 0.545. The minimum Gasteiger partial charge on any atom is -0.481 e. The molecule has 0 aromatic rings. The van der Waals surface area contributed by atoms with Crippen molar-refractivity contribution < 1.29 is 19.8 Å². The molecule has 8 bridgehead atoms. The second-order valence-electron chi connectivity index (χ2n) is 12.7. The first-order chi connectivity index (χ1) is 19.2. The van der Waals surface area contributed by atoms with E-state index in [0.29, 0.717) is 12.8 Å². The van der Waals surface area contributed by atoms with Crippen molar-refractivity contribution in [3.8, 4) is 0 Å². The topological polar surface area (TPSA) is 124 Å². The number of hydrogen-bond acceptors (Lipinski definition) is 6. The highest BCUT2D eigenvalue weighted by atomic mass is 16.4. The molecule has 41 heavy (non-hydrogen) atoms. The van der Waals surface area contributed by atoms with Crippen LogP contribution in [0.15, 0.2) is 72.6 Å². The molecular formula is C33H42N4O4. The molecule has 0 saturated carbocycles. The summed E-state index contributed by atoms with van der Waals surface area (Å²) in [7, 11) is 0. The molecule has 6 unspecified atom stereocenters. The standard InChI is InChI=1S/C33H42N4O4/c1-16-20(5)32(7)33(8)21(6)17(2)27(37-33)14-25-19(4)23(10-12-31(40)41)29(35-25)15-28-22(9-11-30(38)39)18(3)24(34-28)13-26(16)36-32/h13-15,18-19,22-23,34H,9-12H2,1-8H3,(H,38,39)(H,40,41)/b24-13-,25-14-,28-15-. The normalized spacial score (nSPS) is 38.0. The largest absolute Gasteiger partial charge is 0.481 e. The van der Waals surface area contributed by atoms with E-state index in [1.807, 2.05) is 0 Å². The third kappa shape index (κ3) is 4.56. The minimum absolute atomic E-state index is 0.0126. The zero-order valence-corrected chi connectivity index (χ0v) is 25.4. The Balaban J connectivity index is 1.74. The first-order valence-corrected chi connectivity index (χ1v) is 14.7. The average molecular weight is 559 g/mol. The van der Waals surface area contributed by atoms with Crippen LogP contribution in [0.1, 0.15) is 81.1 Å². The van der Waals surface area contributed by atoms with Crippen molar-refractivity contribution in [1.82, 2.24) is 5.32 Å². The van der Waals surface area contributed by atoms with Crippen LogP contribution in [0, 0.1) is 23.7 Å². The molecule has 1 saturated heterocycles. The number of nitrogens with one attached hydrogen (secondary N) is 1. The van der Waals surface area contributed by atoms with Crippen molar-refractivity contribution in [2.75, 3.05) is 0 Å². The fourth-order valence-electron chi connectivity index (χ4n) is 7.24. The Morgan fingerprint density at radius 2 is 1.29 bits per heavy atom. The number of aliphatic imine (C=N–C) groups is 3. The number of rotatable bonds is 6. The van der Waals surface area contributed by atoms with E-state index in [-0.39, 0.29) is 36.5 Å². The van der Waals surface area contributed by atoms with Crippen LogP contribution in [-0.2, 0) is 9.59 Å². The molecular weight excluding hydrogens is 516 g/mol. The Bertz CT molecular complexity index is 1490. The molecule has 0 aromatic carbocycles. The highest BCUT2D eigenvalue weighted by Gasteiger charge is 2.53. The lowest BCUT2D eigenvalue weighted by molar-refractivity contribution is -0.138. The van der Waals surface area contributed by atoms with E-state index in [2.05, 4.69) is 78.9 Å². The number of carbonyl (C=O) groups is 2. The number of nitrogens with zero attached hydrogens (tertiary/aromatic N) is 3. The van der Waals surface area contributed by atoms with Gasteiger partial charge in [-0.05, 0) is 94.9 Å². The average Bonchev–Trinajstić information content (AvgIpc) is 3.51. The summed E-state index contributed by atoms with van der Waals surface area (Å²) < 4.78 is 0. The third-order valence-electron chi connectivity index (χ3n) is 10.7. The smallest absolute Gasteiger partial charge is 0.303 e. The molecule has 218 valence electrons. The minimum atomic E-state index is -0.825. The molecule has 0 radical (unpaired) electrons. The Morgan fingerprint density at radius 1 is 0.780 bits per heavy atom. The van der Waals surface area contributed by atoms with E-state index >= 15 is 0 Å². The SMILES string of the molecule is CC1=C(C)C2(C)N=C1/C=C1N=C(/C=C3\N/C(=C\C4=NC2(C)C(C)=C4C)C(C)C3CCC(=O)O)C(CCC(=O)O)C\1C. The summed E-state index contributed by atoms with van der Waals surface area (Å²) in [5.74, 6) is -1.67. The van der Waals surface area contributed by atoms with Crippen LogP contribution in [-0.4, -0.2) is 50.4 Å². The molecule has 5 aliphatic rings. The van der Waals surface area contributed by atoms with Crippen LogP contribution in [0.4, 0.5) is 0 Å². The summed E-state index contributed by atoms with van der Waals surface area (Å²) in [5, 5.41) is 22.6. The number of carboxylic acids is 2. The van der Waals surface area contributed by atoms with Gasteiger partial charge in [-0.2, -0.15) is 0 Å². The zero-order chi connectivity index (χ0) is 30.0. The van der Waals surface area contributed by atoms with E-state index in [1.165, 1.54) is 11.1 Å². The number of fused-ring (bicyclic) bond motifs is 6. The molecule has 0 spiro atoms. The van der Waals surface area contributed by atoms with Gasteiger partial charge in [-0.1, -0.05) is 13.8 Å². The van der Waals surface area contributed by atoms with Crippen LogP contribution in [0.25, 0.3) is 0 Å². The lowest BCUT2D eigenvalue weighted by Gasteiger charge is -2.39. The van der Waals surface area contributed by atoms with E-state index in [9.17, 15) is 19.8 Å². The maximum atomic E-state index is 11.6. The third-order valence-corrected chi connectivity index (χ3v) is 10.7. The summed E-state index contributed by atoms with van der Waals surface area (Å²) >= 11 is 0. The summed E-state index contributed by atoms with van der Waals surface area (Å²) in [5.41, 5.74) is 8.99. The molecule has 6 atom stereocenters. The molecule has 1 fully saturated rings. The Morgan fingerprint density at radius 3 is 1.83 bits per heavy atom. The van der Waals surface area contributed by atoms with Crippen LogP contribution < -0.4 is 5.32 Å². The molecule has 5 rings (SSSR count). The maximum Gasteiger partial charge on any atom is 0.303 e. The second-order valence-corrected chi connectivity index (χ2v) is 12.7. The second kappa shape index (κ2) is 10.1. The van der Waals surface area contributed by atoms with E-state index < -0.39 is 23.0 Å².